The van der Waals surface area contributed by atoms with Gasteiger partial charge in [0.25, 0.3) is 0 Å². The molecular formula is C14H12NO. The topological polar surface area (TPSA) is 43.1 Å². The average Bonchev–Trinajstić information content (AvgIpc) is 2.40. The van der Waals surface area contributed by atoms with E-state index in [0.717, 1.165) is 11.1 Å². The lowest BCUT2D eigenvalue weighted by atomic mass is 9.85. The van der Waals surface area contributed by atoms with Crippen LogP contribution < -0.4 is 5.73 Å². The summed E-state index contributed by atoms with van der Waals surface area (Å²) < 4.78 is 0. The van der Waals surface area contributed by atoms with Crippen LogP contribution in [0.1, 0.15) is 11.1 Å². The van der Waals surface area contributed by atoms with Gasteiger partial charge in [-0.15, -0.1) is 0 Å². The zero-order chi connectivity index (χ0) is 11.4. The van der Waals surface area contributed by atoms with Gasteiger partial charge in [0.1, 0.15) is 5.54 Å². The first-order valence-electron chi connectivity index (χ1n) is 5.06. The molecule has 0 aromatic heterocycles. The first kappa shape index (κ1) is 10.6. The summed E-state index contributed by atoms with van der Waals surface area (Å²) in [5.74, 6) is 0. The minimum Gasteiger partial charge on any atom is -0.311 e. The van der Waals surface area contributed by atoms with Gasteiger partial charge in [-0.05, 0) is 11.1 Å². The third-order valence-corrected chi connectivity index (χ3v) is 2.62. The van der Waals surface area contributed by atoms with E-state index in [1.165, 1.54) is 0 Å². The molecule has 0 aliphatic heterocycles. The molecule has 0 aliphatic rings. The van der Waals surface area contributed by atoms with Crippen LogP contribution >= 0.6 is 0 Å². The lowest BCUT2D eigenvalue weighted by Gasteiger charge is -2.23. The van der Waals surface area contributed by atoms with Crippen LogP contribution in [0.5, 0.6) is 0 Å². The molecule has 0 unspecified atom stereocenters. The van der Waals surface area contributed by atoms with Gasteiger partial charge in [0.15, 0.2) is 0 Å². The zero-order valence-corrected chi connectivity index (χ0v) is 8.76. The monoisotopic (exact) mass is 210 g/mol. The summed E-state index contributed by atoms with van der Waals surface area (Å²) >= 11 is 0. The van der Waals surface area contributed by atoms with Crippen LogP contribution in [0.4, 0.5) is 0 Å². The standard InChI is InChI=1S/C14H12NO/c15-14(11-16,12-7-3-1-4-8-12)13-9-5-2-6-10-13/h1-10H,15H2. The first-order valence-corrected chi connectivity index (χ1v) is 5.06. The second-order valence-electron chi connectivity index (χ2n) is 3.64. The minimum absolute atomic E-state index is 0.746. The maximum atomic E-state index is 11.2. The Bertz CT molecular complexity index is 425. The third kappa shape index (κ3) is 1.75. The van der Waals surface area contributed by atoms with Crippen molar-refractivity contribution in [1.29, 1.82) is 0 Å². The molecule has 1 radical (unpaired) electrons. The van der Waals surface area contributed by atoms with E-state index in [4.69, 9.17) is 5.73 Å². The molecule has 2 heteroatoms. The molecule has 0 amide bonds. The van der Waals surface area contributed by atoms with Crippen molar-refractivity contribution < 1.29 is 4.79 Å². The van der Waals surface area contributed by atoms with Crippen molar-refractivity contribution in [3.63, 3.8) is 0 Å². The lowest BCUT2D eigenvalue weighted by molar-refractivity contribution is 0.520. The summed E-state index contributed by atoms with van der Waals surface area (Å²) in [5, 5.41) is 0. The lowest BCUT2D eigenvalue weighted by Crippen LogP contribution is -2.39. The molecule has 0 fully saturated rings. The molecule has 2 N–H and O–H groups in total. The highest BCUT2D eigenvalue weighted by molar-refractivity contribution is 5.74. The highest BCUT2D eigenvalue weighted by atomic mass is 16.1. The Morgan fingerprint density at radius 2 is 1.19 bits per heavy atom. The van der Waals surface area contributed by atoms with E-state index in [1.807, 2.05) is 66.9 Å². The van der Waals surface area contributed by atoms with E-state index in [9.17, 15) is 4.79 Å². The largest absolute Gasteiger partial charge is 0.311 e. The summed E-state index contributed by atoms with van der Waals surface area (Å²) in [6.45, 7) is 0. The molecule has 2 aromatic rings. The molecule has 0 heterocycles. The van der Waals surface area contributed by atoms with E-state index in [1.54, 1.807) is 0 Å². The molecule has 0 atom stereocenters. The summed E-state index contributed by atoms with van der Waals surface area (Å²) in [5.41, 5.74) is 6.43. The van der Waals surface area contributed by atoms with Gasteiger partial charge < -0.3 is 5.73 Å². The molecule has 0 aliphatic carbocycles. The molecule has 0 bridgehead atoms. The number of benzene rings is 2. The quantitative estimate of drug-likeness (QED) is 0.842. The van der Waals surface area contributed by atoms with E-state index >= 15 is 0 Å². The predicted octanol–water partition coefficient (Wildman–Crippen LogP) is 2.00. The highest BCUT2D eigenvalue weighted by Gasteiger charge is 2.29. The fourth-order valence-corrected chi connectivity index (χ4v) is 1.69. The summed E-state index contributed by atoms with van der Waals surface area (Å²) in [6, 6.07) is 18.5. The van der Waals surface area contributed by atoms with Gasteiger partial charge in [0, 0.05) is 0 Å². The van der Waals surface area contributed by atoms with E-state index in [2.05, 4.69) is 0 Å². The summed E-state index contributed by atoms with van der Waals surface area (Å²) in [4.78, 5) is 11.2. The fourth-order valence-electron chi connectivity index (χ4n) is 1.69. The summed E-state index contributed by atoms with van der Waals surface area (Å²) in [6.07, 6.45) is 1.94. The second kappa shape index (κ2) is 4.29. The molecule has 79 valence electrons. The Morgan fingerprint density at radius 1 is 0.812 bits per heavy atom. The van der Waals surface area contributed by atoms with Crippen molar-refractivity contribution in [1.82, 2.24) is 0 Å². The number of carbonyl (C=O) groups excluding carboxylic acids is 1. The third-order valence-electron chi connectivity index (χ3n) is 2.62. The molecule has 0 spiro atoms. The highest BCUT2D eigenvalue weighted by Crippen LogP contribution is 2.24. The maximum absolute atomic E-state index is 11.2. The minimum atomic E-state index is -1.18. The SMILES string of the molecule is NC([C]=O)(c1ccccc1)c1ccccc1. The van der Waals surface area contributed by atoms with Gasteiger partial charge in [0.2, 0.25) is 6.29 Å². The number of hydrogen-bond acceptors (Lipinski definition) is 2. The van der Waals surface area contributed by atoms with Crippen LogP contribution in [0.25, 0.3) is 0 Å². The van der Waals surface area contributed by atoms with E-state index in [0.29, 0.717) is 0 Å². The molecule has 0 saturated carbocycles. The number of hydrogen-bond donors (Lipinski definition) is 1. The predicted molar refractivity (Wildman–Crippen MR) is 63.5 cm³/mol. The Balaban J connectivity index is 2.53. The van der Waals surface area contributed by atoms with Crippen LogP contribution in [0.3, 0.4) is 0 Å². The zero-order valence-electron chi connectivity index (χ0n) is 8.76. The van der Waals surface area contributed by atoms with Crippen LogP contribution in [0, 0.1) is 0 Å². The molecule has 16 heavy (non-hydrogen) atoms. The normalized spacial score (nSPS) is 11.1. The second-order valence-corrected chi connectivity index (χ2v) is 3.64. The van der Waals surface area contributed by atoms with Crippen molar-refractivity contribution in [3.8, 4) is 0 Å². The van der Waals surface area contributed by atoms with E-state index in [-0.39, 0.29) is 0 Å². The Morgan fingerprint density at radius 3 is 1.50 bits per heavy atom. The fraction of sp³-hybridized carbons (Fsp3) is 0.0714. The Hall–Kier alpha value is -1.93. The van der Waals surface area contributed by atoms with Crippen LogP contribution in [-0.2, 0) is 10.3 Å². The van der Waals surface area contributed by atoms with Gasteiger partial charge in [-0.1, -0.05) is 60.7 Å². The van der Waals surface area contributed by atoms with Gasteiger partial charge in [0.05, 0.1) is 0 Å². The Kier molecular flexibility index (Phi) is 2.84. The average molecular weight is 210 g/mol. The molecule has 2 nitrogen and oxygen atoms in total. The van der Waals surface area contributed by atoms with Gasteiger partial charge in [-0.3, -0.25) is 4.79 Å². The Labute approximate surface area is 94.7 Å². The number of rotatable bonds is 3. The van der Waals surface area contributed by atoms with Crippen molar-refractivity contribution >= 4 is 6.29 Å². The van der Waals surface area contributed by atoms with Crippen molar-refractivity contribution in [2.45, 2.75) is 5.54 Å². The maximum Gasteiger partial charge on any atom is 0.229 e. The van der Waals surface area contributed by atoms with E-state index < -0.39 is 5.54 Å². The number of nitrogens with two attached hydrogens (primary N) is 1. The van der Waals surface area contributed by atoms with Crippen LogP contribution in [-0.4, -0.2) is 6.29 Å². The van der Waals surface area contributed by atoms with Crippen molar-refractivity contribution in [2.24, 2.45) is 5.73 Å². The molecule has 2 rings (SSSR count). The van der Waals surface area contributed by atoms with Crippen LogP contribution in [0.2, 0.25) is 0 Å². The van der Waals surface area contributed by atoms with Gasteiger partial charge >= 0.3 is 0 Å². The van der Waals surface area contributed by atoms with Crippen molar-refractivity contribution in [2.75, 3.05) is 0 Å². The van der Waals surface area contributed by atoms with Crippen LogP contribution in [0.15, 0.2) is 60.7 Å². The first-order chi connectivity index (χ1) is 7.77. The molecule has 0 saturated heterocycles. The smallest absolute Gasteiger partial charge is 0.229 e. The van der Waals surface area contributed by atoms with Gasteiger partial charge in [-0.2, -0.15) is 0 Å². The summed E-state index contributed by atoms with van der Waals surface area (Å²) in [7, 11) is 0. The molecule has 2 aromatic carbocycles. The van der Waals surface area contributed by atoms with Gasteiger partial charge in [-0.25, -0.2) is 0 Å². The molecular weight excluding hydrogens is 198 g/mol. The van der Waals surface area contributed by atoms with Crippen molar-refractivity contribution in [3.05, 3.63) is 71.8 Å².